The Bertz CT molecular complexity index is 635. The zero-order valence-corrected chi connectivity index (χ0v) is 13.9. The van der Waals surface area contributed by atoms with E-state index in [0.29, 0.717) is 12.3 Å². The van der Waals surface area contributed by atoms with Crippen LogP contribution in [0.25, 0.3) is 0 Å². The van der Waals surface area contributed by atoms with Gasteiger partial charge in [0.25, 0.3) is 0 Å². The molecule has 21 heavy (non-hydrogen) atoms. The van der Waals surface area contributed by atoms with Crippen LogP contribution in [0, 0.1) is 0 Å². The molecule has 4 N–H and O–H groups in total. The third-order valence-corrected chi connectivity index (χ3v) is 6.30. The van der Waals surface area contributed by atoms with Crippen molar-refractivity contribution in [3.63, 3.8) is 0 Å². The van der Waals surface area contributed by atoms with Gasteiger partial charge in [0, 0.05) is 17.9 Å². The maximum Gasteiger partial charge on any atom is 0.375 e. The third kappa shape index (κ3) is 4.64. The van der Waals surface area contributed by atoms with Crippen molar-refractivity contribution >= 4 is 30.3 Å². The summed E-state index contributed by atoms with van der Waals surface area (Å²) in [5.41, 5.74) is 0.130. The van der Waals surface area contributed by atoms with Crippen LogP contribution in [-0.2, 0) is 27.6 Å². The summed E-state index contributed by atoms with van der Waals surface area (Å²) in [5.74, 6) is 0.391. The lowest BCUT2D eigenvalue weighted by Gasteiger charge is -2.24. The molecule has 1 heterocycles. The summed E-state index contributed by atoms with van der Waals surface area (Å²) in [7, 11) is -10.9. The highest BCUT2D eigenvalue weighted by Gasteiger charge is 2.58. The fourth-order valence-corrected chi connectivity index (χ4v) is 3.69. The summed E-state index contributed by atoms with van der Waals surface area (Å²) in [6, 6.07) is 4.51. The first kappa shape index (κ1) is 20.8. The highest BCUT2D eigenvalue weighted by atomic mass is 35.5. The second-order valence-corrected chi connectivity index (χ2v) is 8.25. The van der Waals surface area contributed by atoms with Crippen LogP contribution >= 0.6 is 20.2 Å². The van der Waals surface area contributed by atoms with Crippen molar-refractivity contribution < 1.29 is 49.4 Å². The Morgan fingerprint density at radius 3 is 2.33 bits per heavy atom. The molecular weight excluding hydrogens is 365 g/mol. The predicted molar refractivity (Wildman–Crippen MR) is 72.7 cm³/mol. The van der Waals surface area contributed by atoms with E-state index in [4.69, 9.17) is 14.3 Å². The molecule has 12 heteroatoms. The number of hydrogen-bond acceptors (Lipinski definition) is 5. The van der Waals surface area contributed by atoms with Gasteiger partial charge in [-0.25, -0.2) is 4.57 Å². The van der Waals surface area contributed by atoms with E-state index in [1.807, 2.05) is 0 Å². The average molecular weight is 380 g/mol. The van der Waals surface area contributed by atoms with E-state index in [9.17, 15) is 18.1 Å². The summed E-state index contributed by atoms with van der Waals surface area (Å²) in [6.07, 6.45) is 0.584. The summed E-state index contributed by atoms with van der Waals surface area (Å²) in [4.78, 5) is 18.1. The lowest BCUT2D eigenvalue weighted by molar-refractivity contribution is -0.700. The van der Waals surface area contributed by atoms with E-state index in [1.165, 1.54) is 22.9 Å². The van der Waals surface area contributed by atoms with Gasteiger partial charge in [0.15, 0.2) is 18.4 Å². The first-order valence-corrected chi connectivity index (χ1v) is 9.04. The first-order valence-electron chi connectivity index (χ1n) is 5.36. The van der Waals surface area contributed by atoms with Gasteiger partial charge >= 0.3 is 22.4 Å². The number of halogens is 1. The number of hydrogen-bond donors (Lipinski definition) is 5. The molecule has 0 aromatic carbocycles. The van der Waals surface area contributed by atoms with Crippen molar-refractivity contribution in [1.29, 1.82) is 0 Å². The average Bonchev–Trinajstić information content (AvgIpc) is 2.29. The monoisotopic (exact) mass is 379 g/mol. The third-order valence-electron chi connectivity index (χ3n) is 2.66. The van der Waals surface area contributed by atoms with Gasteiger partial charge in [0.05, 0.1) is 6.42 Å². The van der Waals surface area contributed by atoms with Gasteiger partial charge in [-0.05, 0) is 0 Å². The van der Waals surface area contributed by atoms with Crippen LogP contribution in [0.4, 0.5) is 0 Å². The lowest BCUT2D eigenvalue weighted by Crippen LogP contribution is -3.00. The number of rotatable bonds is 6. The number of thiol groups is 1. The van der Waals surface area contributed by atoms with Crippen molar-refractivity contribution in [2.45, 2.75) is 17.6 Å². The molecule has 0 fully saturated rings. The predicted octanol–water partition coefficient (Wildman–Crippen LogP) is -3.84. The van der Waals surface area contributed by atoms with E-state index < -0.39 is 28.8 Å². The van der Waals surface area contributed by atoms with Crippen LogP contribution in [-0.4, -0.2) is 38.3 Å². The highest BCUT2D eigenvalue weighted by Crippen LogP contribution is 2.53. The topological polar surface area (TPSA) is 136 Å². The van der Waals surface area contributed by atoms with Gasteiger partial charge in [-0.3, -0.25) is 9.12 Å². The van der Waals surface area contributed by atoms with Crippen molar-refractivity contribution in [1.82, 2.24) is 0 Å². The van der Waals surface area contributed by atoms with E-state index in [2.05, 4.69) is 12.6 Å². The molecule has 1 aromatic rings. The van der Waals surface area contributed by atoms with Gasteiger partial charge in [-0.2, -0.15) is 21.0 Å². The van der Waals surface area contributed by atoms with Crippen LogP contribution in [0.5, 0.6) is 0 Å². The number of aliphatic hydroxyl groups is 1. The van der Waals surface area contributed by atoms with Crippen molar-refractivity contribution in [3.8, 4) is 0 Å². The molecule has 1 aromatic heterocycles. The Morgan fingerprint density at radius 2 is 1.90 bits per heavy atom. The highest BCUT2D eigenvalue weighted by molar-refractivity contribution is 7.94. The van der Waals surface area contributed by atoms with Crippen LogP contribution in [0.15, 0.2) is 24.4 Å². The summed E-state index contributed by atoms with van der Waals surface area (Å²) < 4.78 is 40.4. The molecule has 0 aliphatic heterocycles. The van der Waals surface area contributed by atoms with Gasteiger partial charge in [0.2, 0.25) is 0 Å². The van der Waals surface area contributed by atoms with Crippen LogP contribution < -0.4 is 17.0 Å². The van der Waals surface area contributed by atoms with Gasteiger partial charge in [-0.1, -0.05) is 6.07 Å². The van der Waals surface area contributed by atoms with Gasteiger partial charge in [-0.15, -0.1) is 0 Å². The molecule has 1 unspecified atom stereocenters. The largest absolute Gasteiger partial charge is 1.00 e. The smallest absolute Gasteiger partial charge is 0.375 e. The SMILES string of the molecule is O=P(O)(O)C(O)(Cc1cccc[n+]1CCS)S(=O)(=O)O.[Cl-]. The van der Waals surface area contributed by atoms with Crippen LogP contribution in [0.2, 0.25) is 0 Å². The van der Waals surface area contributed by atoms with E-state index >= 15 is 0 Å². The van der Waals surface area contributed by atoms with Crippen LogP contribution in [0.3, 0.4) is 0 Å². The summed E-state index contributed by atoms with van der Waals surface area (Å²) in [6.45, 7) is 0.335. The maximum absolute atomic E-state index is 11.3. The Hall–Kier alpha value is -0.190. The van der Waals surface area contributed by atoms with Gasteiger partial charge < -0.3 is 27.3 Å². The Labute approximate surface area is 133 Å². The normalized spacial score (nSPS) is 15.1. The fourth-order valence-electron chi connectivity index (χ4n) is 1.58. The molecule has 0 spiro atoms. The molecule has 0 radical (unpaired) electrons. The zero-order valence-electron chi connectivity index (χ0n) is 10.6. The number of pyridine rings is 1. The molecule has 8 nitrogen and oxygen atoms in total. The molecule has 122 valence electrons. The van der Waals surface area contributed by atoms with Crippen molar-refractivity contribution in [2.24, 2.45) is 0 Å². The maximum atomic E-state index is 11.3. The van der Waals surface area contributed by atoms with E-state index in [0.717, 1.165) is 0 Å². The number of nitrogens with zero attached hydrogens (tertiary/aromatic N) is 1. The van der Waals surface area contributed by atoms with Gasteiger partial charge in [0.1, 0.15) is 0 Å². The van der Waals surface area contributed by atoms with E-state index in [1.54, 1.807) is 6.07 Å². The molecule has 0 aliphatic carbocycles. The minimum Gasteiger partial charge on any atom is -1.00 e. The Balaban J connectivity index is 0.00000400. The molecule has 0 saturated heterocycles. The van der Waals surface area contributed by atoms with Crippen molar-refractivity contribution in [3.05, 3.63) is 30.1 Å². The van der Waals surface area contributed by atoms with Crippen molar-refractivity contribution in [2.75, 3.05) is 5.75 Å². The number of aromatic nitrogens is 1. The number of aryl methyl sites for hydroxylation is 1. The molecule has 0 bridgehead atoms. The molecule has 0 amide bonds. The fraction of sp³-hybridized carbons (Fsp3) is 0.444. The Kier molecular flexibility index (Phi) is 7.32. The Morgan fingerprint density at radius 1 is 1.33 bits per heavy atom. The minimum atomic E-state index is -5.53. The lowest BCUT2D eigenvalue weighted by atomic mass is 10.2. The zero-order chi connectivity index (χ0) is 15.6. The first-order chi connectivity index (χ1) is 9.03. The molecule has 1 rings (SSSR count). The van der Waals surface area contributed by atoms with E-state index in [-0.39, 0.29) is 18.1 Å². The molecular formula is C9H15ClNO7PS2. The van der Waals surface area contributed by atoms with Crippen LogP contribution in [0.1, 0.15) is 5.69 Å². The molecule has 1 atom stereocenters. The minimum absolute atomic E-state index is 0. The second-order valence-electron chi connectivity index (χ2n) is 4.05. The standard InChI is InChI=1S/C9H14NO7PS2.ClH/c11-9(18(12,13)14,20(15,16)17)7-8-3-1-2-4-10(8)5-6-19;/h1-4,11H,5-7H2,(H3-,12,13,14,15,16,17,19);1H. The quantitative estimate of drug-likeness (QED) is 0.148. The summed E-state index contributed by atoms with van der Waals surface area (Å²) >= 11 is 4.00. The summed E-state index contributed by atoms with van der Waals surface area (Å²) in [5, 5.41) is 9.80. The molecule has 0 saturated carbocycles. The molecule has 0 aliphatic rings. The second kappa shape index (κ2) is 7.38.